The first-order chi connectivity index (χ1) is 16.3. The van der Waals surface area contributed by atoms with Gasteiger partial charge in [0.2, 0.25) is 5.78 Å². The first-order valence-corrected chi connectivity index (χ1v) is 12.0. The van der Waals surface area contributed by atoms with Gasteiger partial charge in [-0.1, -0.05) is 18.2 Å². The van der Waals surface area contributed by atoms with E-state index in [-0.39, 0.29) is 29.0 Å². The third-order valence-electron chi connectivity index (χ3n) is 5.30. The molecule has 2 aromatic heterocycles. The summed E-state index contributed by atoms with van der Waals surface area (Å²) in [5, 5.41) is 9.72. The average molecular weight is 479 g/mol. The summed E-state index contributed by atoms with van der Waals surface area (Å²) in [7, 11) is -4.11. The van der Waals surface area contributed by atoms with Gasteiger partial charge in [-0.2, -0.15) is 0 Å². The van der Waals surface area contributed by atoms with E-state index in [0.717, 1.165) is 3.97 Å². The highest BCUT2D eigenvalue weighted by atomic mass is 32.2. The summed E-state index contributed by atoms with van der Waals surface area (Å²) in [6.45, 7) is 2.23. The minimum absolute atomic E-state index is 0.0715. The number of pyridine rings is 1. The van der Waals surface area contributed by atoms with Crippen molar-refractivity contribution in [2.75, 3.05) is 6.61 Å². The third-order valence-corrected chi connectivity index (χ3v) is 6.97. The molecule has 0 aliphatic carbocycles. The molecule has 1 N–H and O–H groups in total. The number of fused-ring (bicyclic) bond motifs is 1. The summed E-state index contributed by atoms with van der Waals surface area (Å²) in [5.74, 6) is -0.875. The fraction of sp³-hybridized carbons (Fsp3) is 0.160. The van der Waals surface area contributed by atoms with E-state index < -0.39 is 21.8 Å². The highest BCUT2D eigenvalue weighted by Crippen LogP contribution is 2.30. The summed E-state index contributed by atoms with van der Waals surface area (Å²) in [5.41, 5.74) is 1.36. The second kappa shape index (κ2) is 9.48. The van der Waals surface area contributed by atoms with Crippen LogP contribution in [0.5, 0.6) is 5.75 Å². The summed E-state index contributed by atoms with van der Waals surface area (Å²) in [6.07, 6.45) is 2.96. The highest BCUT2D eigenvalue weighted by Gasteiger charge is 2.23. The van der Waals surface area contributed by atoms with Crippen LogP contribution in [0.3, 0.4) is 0 Å². The molecule has 0 aliphatic heterocycles. The van der Waals surface area contributed by atoms with Crippen molar-refractivity contribution in [3.8, 4) is 5.75 Å². The number of aromatic nitrogens is 2. The minimum atomic E-state index is -4.11. The number of carboxylic acid groups (broad SMARTS) is 1. The van der Waals surface area contributed by atoms with Crippen LogP contribution in [0.1, 0.15) is 35.0 Å². The van der Waals surface area contributed by atoms with E-state index in [1.54, 1.807) is 36.4 Å². The maximum Gasteiger partial charge on any atom is 0.303 e. The molecule has 0 aliphatic rings. The Balaban J connectivity index is 1.82. The Morgan fingerprint density at radius 1 is 1.06 bits per heavy atom. The molecule has 2 aromatic carbocycles. The molecule has 0 fully saturated rings. The molecule has 0 bridgehead atoms. The number of carbonyl (C=O) groups is 2. The lowest BCUT2D eigenvalue weighted by Crippen LogP contribution is -2.13. The number of aliphatic carboxylic acids is 1. The van der Waals surface area contributed by atoms with Gasteiger partial charge in [0.1, 0.15) is 11.4 Å². The van der Waals surface area contributed by atoms with Gasteiger partial charge in [0.05, 0.1) is 17.0 Å². The number of ether oxygens (including phenoxy) is 1. The molecule has 9 heteroatoms. The predicted molar refractivity (Wildman–Crippen MR) is 126 cm³/mol. The zero-order chi connectivity index (χ0) is 24.3. The Kier molecular flexibility index (Phi) is 6.47. The number of hydrogen-bond donors (Lipinski definition) is 1. The maximum atomic E-state index is 13.7. The Morgan fingerprint density at radius 3 is 2.59 bits per heavy atom. The molecule has 2 heterocycles. The molecule has 0 saturated carbocycles. The number of hydrogen-bond acceptors (Lipinski definition) is 6. The van der Waals surface area contributed by atoms with E-state index in [1.165, 1.54) is 36.7 Å². The molecule has 0 atom stereocenters. The molecule has 0 amide bonds. The largest absolute Gasteiger partial charge is 0.494 e. The first-order valence-electron chi connectivity index (χ1n) is 10.6. The summed E-state index contributed by atoms with van der Waals surface area (Å²) < 4.78 is 34.0. The molecule has 4 rings (SSSR count). The van der Waals surface area contributed by atoms with Crippen molar-refractivity contribution in [2.45, 2.75) is 24.7 Å². The van der Waals surface area contributed by atoms with Gasteiger partial charge in [-0.25, -0.2) is 12.4 Å². The minimum Gasteiger partial charge on any atom is -0.494 e. The molecular formula is C25H22N2O6S. The Bertz CT molecular complexity index is 1480. The lowest BCUT2D eigenvalue weighted by Gasteiger charge is -2.10. The van der Waals surface area contributed by atoms with Crippen LogP contribution < -0.4 is 4.74 Å². The van der Waals surface area contributed by atoms with Crippen molar-refractivity contribution in [3.05, 3.63) is 89.9 Å². The normalized spacial score (nSPS) is 11.4. The Hall–Kier alpha value is -3.98. The molecule has 4 aromatic rings. The van der Waals surface area contributed by atoms with Crippen molar-refractivity contribution in [3.63, 3.8) is 0 Å². The van der Waals surface area contributed by atoms with Crippen LogP contribution in [0.4, 0.5) is 0 Å². The molecule has 0 saturated heterocycles. The van der Waals surface area contributed by atoms with Gasteiger partial charge in [-0.15, -0.1) is 0 Å². The SMILES string of the molecule is CCOc1ccc2c(CCC(=O)O)cn(S(=O)(=O)c3cccc(C(=O)c4ccccn4)c3)c2c1. The van der Waals surface area contributed by atoms with Crippen molar-refractivity contribution < 1.29 is 27.9 Å². The second-order valence-corrected chi connectivity index (χ2v) is 9.35. The van der Waals surface area contributed by atoms with Crippen LogP contribution in [0.15, 0.2) is 78.0 Å². The average Bonchev–Trinajstić information content (AvgIpc) is 3.22. The molecular weight excluding hydrogens is 456 g/mol. The van der Waals surface area contributed by atoms with E-state index in [9.17, 15) is 18.0 Å². The van der Waals surface area contributed by atoms with E-state index in [4.69, 9.17) is 9.84 Å². The van der Waals surface area contributed by atoms with Gasteiger partial charge in [0, 0.05) is 35.8 Å². The van der Waals surface area contributed by atoms with Gasteiger partial charge in [-0.05, 0) is 55.3 Å². The molecule has 34 heavy (non-hydrogen) atoms. The Labute approximate surface area is 196 Å². The fourth-order valence-corrected chi connectivity index (χ4v) is 5.13. The predicted octanol–water partition coefficient (Wildman–Crippen LogP) is 3.92. The number of rotatable bonds is 9. The molecule has 0 unspecified atom stereocenters. The zero-order valence-corrected chi connectivity index (χ0v) is 19.2. The highest BCUT2D eigenvalue weighted by molar-refractivity contribution is 7.90. The number of nitrogens with zero attached hydrogens (tertiary/aromatic N) is 2. The van der Waals surface area contributed by atoms with Gasteiger partial charge >= 0.3 is 5.97 Å². The smallest absolute Gasteiger partial charge is 0.303 e. The van der Waals surface area contributed by atoms with Crippen molar-refractivity contribution in [1.29, 1.82) is 0 Å². The number of carboxylic acids is 1. The van der Waals surface area contributed by atoms with Crippen LogP contribution >= 0.6 is 0 Å². The zero-order valence-electron chi connectivity index (χ0n) is 18.3. The summed E-state index contributed by atoms with van der Waals surface area (Å²) in [6, 6.07) is 15.8. The van der Waals surface area contributed by atoms with E-state index in [0.29, 0.717) is 28.8 Å². The van der Waals surface area contributed by atoms with Crippen LogP contribution in [0, 0.1) is 0 Å². The van der Waals surface area contributed by atoms with Gasteiger partial charge in [0.25, 0.3) is 10.0 Å². The molecule has 174 valence electrons. The lowest BCUT2D eigenvalue weighted by molar-refractivity contribution is -0.136. The standard InChI is InChI=1S/C25H22N2O6S/c1-2-33-19-10-11-21-18(9-12-24(28)29)16-27(23(21)15-19)34(31,32)20-7-5-6-17(14-20)25(30)22-8-3-4-13-26-22/h3-8,10-11,13-16H,2,9,12H2,1H3,(H,28,29). The second-order valence-electron chi connectivity index (χ2n) is 7.53. The number of benzene rings is 2. The molecule has 0 spiro atoms. The monoisotopic (exact) mass is 478 g/mol. The van der Waals surface area contributed by atoms with Crippen molar-refractivity contribution in [2.24, 2.45) is 0 Å². The van der Waals surface area contributed by atoms with Crippen LogP contribution in [-0.4, -0.2) is 40.8 Å². The van der Waals surface area contributed by atoms with E-state index in [2.05, 4.69) is 4.98 Å². The van der Waals surface area contributed by atoms with Crippen LogP contribution in [0.25, 0.3) is 10.9 Å². The fourth-order valence-electron chi connectivity index (χ4n) is 3.70. The summed E-state index contributed by atoms with van der Waals surface area (Å²) in [4.78, 5) is 27.9. The van der Waals surface area contributed by atoms with Gasteiger partial charge in [-0.3, -0.25) is 14.6 Å². The number of aryl methyl sites for hydroxylation is 1. The first kappa shape index (κ1) is 23.2. The van der Waals surface area contributed by atoms with Crippen LogP contribution in [-0.2, 0) is 21.2 Å². The van der Waals surface area contributed by atoms with Crippen molar-refractivity contribution >= 4 is 32.7 Å². The topological polar surface area (TPSA) is 116 Å². The Morgan fingerprint density at radius 2 is 1.88 bits per heavy atom. The quantitative estimate of drug-likeness (QED) is 0.363. The molecule has 8 nitrogen and oxygen atoms in total. The van der Waals surface area contributed by atoms with E-state index >= 15 is 0 Å². The van der Waals surface area contributed by atoms with Gasteiger partial charge < -0.3 is 9.84 Å². The van der Waals surface area contributed by atoms with Crippen molar-refractivity contribution in [1.82, 2.24) is 8.96 Å². The third kappa shape index (κ3) is 4.55. The van der Waals surface area contributed by atoms with Crippen LogP contribution in [0.2, 0.25) is 0 Å². The maximum absolute atomic E-state index is 13.7. The lowest BCUT2D eigenvalue weighted by atomic mass is 10.1. The van der Waals surface area contributed by atoms with Gasteiger partial charge in [0.15, 0.2) is 0 Å². The summed E-state index contributed by atoms with van der Waals surface area (Å²) >= 11 is 0. The number of ketones is 1. The molecule has 0 radical (unpaired) electrons. The van der Waals surface area contributed by atoms with E-state index in [1.807, 2.05) is 6.92 Å². The number of carbonyl (C=O) groups excluding carboxylic acids is 1.